The molecule has 0 bridgehead atoms. The van der Waals surface area contributed by atoms with Gasteiger partial charge in [0.25, 0.3) is 0 Å². The summed E-state index contributed by atoms with van der Waals surface area (Å²) in [6, 6.07) is 15.1. The summed E-state index contributed by atoms with van der Waals surface area (Å²) in [5.74, 6) is 0.479. The molecule has 2 aromatic rings. The van der Waals surface area contributed by atoms with Gasteiger partial charge in [0.15, 0.2) is 0 Å². The van der Waals surface area contributed by atoms with Gasteiger partial charge in [0.2, 0.25) is 0 Å². The van der Waals surface area contributed by atoms with Gasteiger partial charge < -0.3 is 10.2 Å². The molecular weight excluding hydrogens is 344 g/mol. The molecule has 0 amide bonds. The lowest BCUT2D eigenvalue weighted by molar-refractivity contribution is 0.0650. The smallest absolute Gasteiger partial charge is 0.0549 e. The van der Waals surface area contributed by atoms with Crippen LogP contribution in [0.3, 0.4) is 0 Å². The summed E-state index contributed by atoms with van der Waals surface area (Å²) in [4.78, 5) is 0. The number of aliphatic hydroxyl groups excluding tert-OH is 2. The molecule has 3 rings (SSSR count). The fourth-order valence-corrected chi connectivity index (χ4v) is 4.33. The number of hydrogen-bond acceptors (Lipinski definition) is 2. The van der Waals surface area contributed by atoms with Crippen molar-refractivity contribution in [1.82, 2.24) is 0 Å². The maximum Gasteiger partial charge on any atom is 0.0549 e. The molecule has 1 saturated carbocycles. The number of rotatable bonds is 6. The second-order valence-electron chi connectivity index (χ2n) is 7.70. The van der Waals surface area contributed by atoms with E-state index in [0.717, 1.165) is 42.7 Å². The Morgan fingerprint density at radius 3 is 2.42 bits per heavy atom. The van der Waals surface area contributed by atoms with Gasteiger partial charge in [0.1, 0.15) is 0 Å². The van der Waals surface area contributed by atoms with E-state index >= 15 is 0 Å². The van der Waals surface area contributed by atoms with Gasteiger partial charge in [0.05, 0.1) is 6.10 Å². The molecule has 26 heavy (non-hydrogen) atoms. The molecule has 0 radical (unpaired) electrons. The van der Waals surface area contributed by atoms with Crippen LogP contribution in [-0.2, 0) is 12.8 Å². The molecule has 2 N–H and O–H groups in total. The first-order valence-electron chi connectivity index (χ1n) is 9.74. The molecule has 1 aliphatic rings. The first-order valence-corrected chi connectivity index (χ1v) is 10.1. The van der Waals surface area contributed by atoms with Crippen molar-refractivity contribution in [2.45, 2.75) is 57.5 Å². The van der Waals surface area contributed by atoms with Crippen molar-refractivity contribution in [3.05, 3.63) is 69.7 Å². The molecular formula is C23H29ClO2. The zero-order valence-corrected chi connectivity index (χ0v) is 16.3. The summed E-state index contributed by atoms with van der Waals surface area (Å²) >= 11 is 6.46. The fraction of sp³-hybridized carbons (Fsp3) is 0.478. The summed E-state index contributed by atoms with van der Waals surface area (Å²) < 4.78 is 0. The Hall–Kier alpha value is -1.35. The zero-order valence-electron chi connectivity index (χ0n) is 15.5. The highest BCUT2D eigenvalue weighted by Gasteiger charge is 2.28. The molecule has 2 nitrogen and oxygen atoms in total. The topological polar surface area (TPSA) is 40.5 Å². The lowest BCUT2D eigenvalue weighted by atomic mass is 9.76. The predicted octanol–water partition coefficient (Wildman–Crippen LogP) is 5.12. The third-order valence-corrected chi connectivity index (χ3v) is 5.90. The van der Waals surface area contributed by atoms with Crippen LogP contribution in [0.5, 0.6) is 0 Å². The minimum atomic E-state index is -0.323. The molecule has 3 heteroatoms. The molecule has 2 aromatic carbocycles. The molecule has 0 aliphatic heterocycles. The van der Waals surface area contributed by atoms with E-state index in [-0.39, 0.29) is 18.6 Å². The van der Waals surface area contributed by atoms with Crippen molar-refractivity contribution in [3.8, 4) is 0 Å². The van der Waals surface area contributed by atoms with Gasteiger partial charge in [0, 0.05) is 11.6 Å². The molecule has 3 atom stereocenters. The van der Waals surface area contributed by atoms with E-state index in [1.54, 1.807) is 0 Å². The van der Waals surface area contributed by atoms with Gasteiger partial charge in [-0.15, -0.1) is 0 Å². The molecule has 1 aliphatic carbocycles. The Kier molecular flexibility index (Phi) is 6.74. The number of aryl methyl sites for hydroxylation is 1. The second kappa shape index (κ2) is 9.03. The minimum Gasteiger partial charge on any atom is -0.396 e. The van der Waals surface area contributed by atoms with E-state index in [1.807, 2.05) is 6.07 Å². The van der Waals surface area contributed by atoms with Crippen molar-refractivity contribution in [1.29, 1.82) is 0 Å². The van der Waals surface area contributed by atoms with Gasteiger partial charge >= 0.3 is 0 Å². The zero-order chi connectivity index (χ0) is 18.5. The first-order chi connectivity index (χ1) is 12.6. The average Bonchev–Trinajstić information content (AvgIpc) is 2.64. The minimum absolute atomic E-state index is 0.151. The summed E-state index contributed by atoms with van der Waals surface area (Å²) in [5.41, 5.74) is 5.00. The third-order valence-electron chi connectivity index (χ3n) is 5.54. The van der Waals surface area contributed by atoms with Crippen LogP contribution in [0.15, 0.2) is 42.5 Å². The Balaban J connectivity index is 1.77. The highest BCUT2D eigenvalue weighted by atomic mass is 35.5. The summed E-state index contributed by atoms with van der Waals surface area (Å²) in [5, 5.41) is 20.4. The van der Waals surface area contributed by atoms with E-state index in [9.17, 15) is 10.2 Å². The summed E-state index contributed by atoms with van der Waals surface area (Å²) in [7, 11) is 0. The van der Waals surface area contributed by atoms with Crippen LogP contribution in [0.25, 0.3) is 0 Å². The highest BCUT2D eigenvalue weighted by molar-refractivity contribution is 6.31. The van der Waals surface area contributed by atoms with Gasteiger partial charge in [-0.2, -0.15) is 0 Å². The maximum atomic E-state index is 10.1. The Morgan fingerprint density at radius 1 is 1.00 bits per heavy atom. The van der Waals surface area contributed by atoms with Gasteiger partial charge in [-0.3, -0.25) is 0 Å². The van der Waals surface area contributed by atoms with E-state index in [1.165, 1.54) is 16.7 Å². The Morgan fingerprint density at radius 2 is 1.73 bits per heavy atom. The molecule has 0 aromatic heterocycles. The van der Waals surface area contributed by atoms with Crippen molar-refractivity contribution < 1.29 is 10.2 Å². The van der Waals surface area contributed by atoms with Crippen molar-refractivity contribution >= 4 is 11.6 Å². The number of aliphatic hydroxyl groups is 2. The SMILES string of the molecule is CCCc1ccc(Cc2cc(C3CC(O)CC(CO)C3)ccc2Cl)cc1. The molecule has 3 unspecified atom stereocenters. The normalized spacial score (nSPS) is 23.2. The Bertz CT molecular complexity index is 711. The molecule has 1 fully saturated rings. The van der Waals surface area contributed by atoms with Crippen LogP contribution >= 0.6 is 11.6 Å². The molecule has 0 spiro atoms. The summed E-state index contributed by atoms with van der Waals surface area (Å²) in [6.45, 7) is 2.35. The highest BCUT2D eigenvalue weighted by Crippen LogP contribution is 2.37. The van der Waals surface area contributed by atoms with Crippen molar-refractivity contribution in [3.63, 3.8) is 0 Å². The van der Waals surface area contributed by atoms with E-state index in [2.05, 4.69) is 43.3 Å². The van der Waals surface area contributed by atoms with Crippen molar-refractivity contribution in [2.24, 2.45) is 5.92 Å². The van der Waals surface area contributed by atoms with Gasteiger partial charge in [-0.25, -0.2) is 0 Å². The molecule has 0 saturated heterocycles. The largest absolute Gasteiger partial charge is 0.396 e. The number of benzene rings is 2. The van der Waals surface area contributed by atoms with E-state index in [0.29, 0.717) is 12.3 Å². The predicted molar refractivity (Wildman–Crippen MR) is 108 cm³/mol. The summed E-state index contributed by atoms with van der Waals surface area (Å²) in [6.07, 6.45) is 5.18. The lowest BCUT2D eigenvalue weighted by Gasteiger charge is -2.32. The average molecular weight is 373 g/mol. The van der Waals surface area contributed by atoms with E-state index in [4.69, 9.17) is 11.6 Å². The van der Waals surface area contributed by atoms with Crippen LogP contribution in [-0.4, -0.2) is 22.9 Å². The number of hydrogen-bond donors (Lipinski definition) is 2. The fourth-order valence-electron chi connectivity index (χ4n) is 4.14. The standard InChI is InChI=1S/C23H29ClO2/c1-2-3-16-4-6-17(7-5-16)10-21-13-19(8-9-23(21)24)20-11-18(15-25)12-22(26)14-20/h4-9,13,18,20,22,25-26H,2-3,10-12,14-15H2,1H3. The van der Waals surface area contributed by atoms with Crippen LogP contribution in [0.4, 0.5) is 0 Å². The van der Waals surface area contributed by atoms with E-state index < -0.39 is 0 Å². The van der Waals surface area contributed by atoms with Gasteiger partial charge in [-0.05, 0) is 72.3 Å². The van der Waals surface area contributed by atoms with Crippen molar-refractivity contribution in [2.75, 3.05) is 6.61 Å². The van der Waals surface area contributed by atoms with Crippen LogP contribution in [0.1, 0.15) is 60.8 Å². The maximum absolute atomic E-state index is 10.1. The quantitative estimate of drug-likeness (QED) is 0.738. The van der Waals surface area contributed by atoms with Gasteiger partial charge in [-0.1, -0.05) is 61.3 Å². The molecule has 0 heterocycles. The van der Waals surface area contributed by atoms with Crippen LogP contribution in [0.2, 0.25) is 5.02 Å². The van der Waals surface area contributed by atoms with Crippen LogP contribution in [0, 0.1) is 5.92 Å². The lowest BCUT2D eigenvalue weighted by Crippen LogP contribution is -2.27. The second-order valence-corrected chi connectivity index (χ2v) is 8.11. The monoisotopic (exact) mass is 372 g/mol. The molecule has 140 valence electrons. The van der Waals surface area contributed by atoms with Crippen LogP contribution < -0.4 is 0 Å². The Labute approximate surface area is 161 Å². The first kappa shape index (κ1) is 19.4. The third kappa shape index (κ3) is 4.88. The number of halogens is 1.